The monoisotopic (exact) mass is 266 g/mol. The van der Waals surface area contributed by atoms with Crippen LogP contribution in [0.4, 0.5) is 0 Å². The highest BCUT2D eigenvalue weighted by atomic mass is 32.1. The van der Waals surface area contributed by atoms with Crippen molar-refractivity contribution in [3.63, 3.8) is 0 Å². The molecule has 2 nitrogen and oxygen atoms in total. The molecule has 1 aromatic heterocycles. The van der Waals surface area contributed by atoms with Gasteiger partial charge in [0.05, 0.1) is 11.2 Å². The Labute approximate surface area is 115 Å². The van der Waals surface area contributed by atoms with E-state index >= 15 is 0 Å². The fraction of sp³-hybridized carbons (Fsp3) is 0.800. The maximum absolute atomic E-state index is 6.72. The van der Waals surface area contributed by atoms with Gasteiger partial charge < -0.3 is 5.73 Å². The Morgan fingerprint density at radius 1 is 1.33 bits per heavy atom. The lowest BCUT2D eigenvalue weighted by atomic mass is 9.70. The second-order valence-corrected chi connectivity index (χ2v) is 7.97. The van der Waals surface area contributed by atoms with E-state index in [-0.39, 0.29) is 11.0 Å². The van der Waals surface area contributed by atoms with Gasteiger partial charge >= 0.3 is 0 Å². The van der Waals surface area contributed by atoms with Crippen molar-refractivity contribution in [2.75, 3.05) is 0 Å². The van der Waals surface area contributed by atoms with Crippen molar-refractivity contribution in [2.45, 2.75) is 64.8 Å². The Balaban J connectivity index is 2.32. The normalized spacial score (nSPS) is 33.7. The molecular formula is C15H26N2S. The lowest BCUT2D eigenvalue weighted by Gasteiger charge is -2.40. The molecular weight excluding hydrogens is 240 g/mol. The average Bonchev–Trinajstić information content (AvgIpc) is 2.73. The van der Waals surface area contributed by atoms with Gasteiger partial charge in [-0.05, 0) is 24.7 Å². The van der Waals surface area contributed by atoms with Crippen LogP contribution < -0.4 is 5.73 Å². The number of hydrogen-bond donors (Lipinski definition) is 1. The van der Waals surface area contributed by atoms with Crippen LogP contribution in [0.1, 0.15) is 64.6 Å². The summed E-state index contributed by atoms with van der Waals surface area (Å²) >= 11 is 1.75. The minimum atomic E-state index is -0.203. The van der Waals surface area contributed by atoms with Gasteiger partial charge in [-0.15, -0.1) is 11.3 Å². The van der Waals surface area contributed by atoms with Crippen LogP contribution in [0, 0.1) is 11.8 Å². The summed E-state index contributed by atoms with van der Waals surface area (Å²) in [5.41, 5.74) is 7.81. The van der Waals surface area contributed by atoms with E-state index in [1.54, 1.807) is 11.3 Å². The van der Waals surface area contributed by atoms with Crippen LogP contribution >= 0.6 is 11.3 Å². The summed E-state index contributed by atoms with van der Waals surface area (Å²) in [6, 6.07) is 0. The first-order chi connectivity index (χ1) is 8.23. The zero-order valence-corrected chi connectivity index (χ0v) is 13.1. The van der Waals surface area contributed by atoms with Crippen molar-refractivity contribution in [3.05, 3.63) is 16.1 Å². The summed E-state index contributed by atoms with van der Waals surface area (Å²) in [4.78, 5) is 4.86. The smallest absolute Gasteiger partial charge is 0.113 e. The van der Waals surface area contributed by atoms with E-state index in [4.69, 9.17) is 10.7 Å². The molecule has 1 aliphatic carbocycles. The van der Waals surface area contributed by atoms with Crippen molar-refractivity contribution in [2.24, 2.45) is 17.6 Å². The zero-order valence-electron chi connectivity index (χ0n) is 12.3. The highest BCUT2D eigenvalue weighted by Crippen LogP contribution is 2.43. The van der Waals surface area contributed by atoms with Crippen LogP contribution in [0.3, 0.4) is 0 Å². The predicted molar refractivity (Wildman–Crippen MR) is 78.9 cm³/mol. The van der Waals surface area contributed by atoms with Crippen molar-refractivity contribution in [1.82, 2.24) is 4.98 Å². The molecule has 2 rings (SSSR count). The van der Waals surface area contributed by atoms with Crippen molar-refractivity contribution in [1.29, 1.82) is 0 Å². The highest BCUT2D eigenvalue weighted by Gasteiger charge is 2.41. The molecule has 0 radical (unpaired) electrons. The van der Waals surface area contributed by atoms with Crippen LogP contribution in [0.15, 0.2) is 5.38 Å². The first-order valence-electron chi connectivity index (χ1n) is 6.99. The third-order valence-corrected chi connectivity index (χ3v) is 5.36. The van der Waals surface area contributed by atoms with Gasteiger partial charge in [-0.1, -0.05) is 41.0 Å². The van der Waals surface area contributed by atoms with Crippen LogP contribution in [0.5, 0.6) is 0 Å². The fourth-order valence-corrected chi connectivity index (χ4v) is 4.09. The van der Waals surface area contributed by atoms with Crippen molar-refractivity contribution in [3.8, 4) is 0 Å². The molecule has 1 aliphatic rings. The lowest BCUT2D eigenvalue weighted by molar-refractivity contribution is 0.161. The molecule has 1 fully saturated rings. The van der Waals surface area contributed by atoms with Gasteiger partial charge in [0, 0.05) is 10.8 Å². The van der Waals surface area contributed by atoms with E-state index in [1.165, 1.54) is 18.5 Å². The Kier molecular flexibility index (Phi) is 3.58. The highest BCUT2D eigenvalue weighted by molar-refractivity contribution is 7.09. The Bertz CT molecular complexity index is 418. The molecule has 1 aromatic rings. The van der Waals surface area contributed by atoms with E-state index in [9.17, 15) is 0 Å². The van der Waals surface area contributed by atoms with Gasteiger partial charge in [0.2, 0.25) is 0 Å². The quantitative estimate of drug-likeness (QED) is 0.833. The van der Waals surface area contributed by atoms with Gasteiger partial charge in [0.1, 0.15) is 5.01 Å². The van der Waals surface area contributed by atoms with Gasteiger partial charge in [-0.3, -0.25) is 0 Å². The third kappa shape index (κ3) is 2.48. The van der Waals surface area contributed by atoms with Crippen LogP contribution in [-0.2, 0) is 11.0 Å². The Morgan fingerprint density at radius 2 is 2.00 bits per heavy atom. The molecule has 3 heteroatoms. The van der Waals surface area contributed by atoms with Crippen molar-refractivity contribution >= 4 is 11.3 Å². The largest absolute Gasteiger partial charge is 0.319 e. The van der Waals surface area contributed by atoms with E-state index in [2.05, 4.69) is 40.0 Å². The number of nitrogens with two attached hydrogens (primary N) is 1. The molecule has 0 spiro atoms. The molecule has 102 valence electrons. The first kappa shape index (κ1) is 14.0. The zero-order chi connectivity index (χ0) is 13.6. The Hall–Kier alpha value is -0.410. The van der Waals surface area contributed by atoms with Gasteiger partial charge in [0.25, 0.3) is 0 Å². The van der Waals surface area contributed by atoms with E-state index in [1.807, 2.05) is 0 Å². The number of nitrogens with zero attached hydrogens (tertiary/aromatic N) is 1. The van der Waals surface area contributed by atoms with Gasteiger partial charge in [0.15, 0.2) is 0 Å². The lowest BCUT2D eigenvalue weighted by Crippen LogP contribution is -2.47. The molecule has 0 saturated heterocycles. The van der Waals surface area contributed by atoms with E-state index < -0.39 is 0 Å². The van der Waals surface area contributed by atoms with Gasteiger partial charge in [-0.2, -0.15) is 0 Å². The third-order valence-electron chi connectivity index (χ3n) is 4.33. The minimum absolute atomic E-state index is 0.120. The van der Waals surface area contributed by atoms with Crippen molar-refractivity contribution < 1.29 is 0 Å². The molecule has 3 unspecified atom stereocenters. The summed E-state index contributed by atoms with van der Waals surface area (Å²) in [5, 5.41) is 3.34. The number of rotatable bonds is 1. The summed E-state index contributed by atoms with van der Waals surface area (Å²) in [6.07, 6.45) is 3.60. The molecule has 2 N–H and O–H groups in total. The average molecular weight is 266 g/mol. The topological polar surface area (TPSA) is 38.9 Å². The summed E-state index contributed by atoms with van der Waals surface area (Å²) < 4.78 is 0. The summed E-state index contributed by atoms with van der Waals surface area (Å²) in [7, 11) is 0. The molecule has 0 aliphatic heterocycles. The molecule has 0 aromatic carbocycles. The van der Waals surface area contributed by atoms with E-state index in [0.29, 0.717) is 11.8 Å². The minimum Gasteiger partial charge on any atom is -0.319 e. The molecule has 1 heterocycles. The second kappa shape index (κ2) is 4.61. The molecule has 0 amide bonds. The molecule has 1 saturated carbocycles. The number of thiazole rings is 1. The maximum Gasteiger partial charge on any atom is 0.113 e. The first-order valence-corrected chi connectivity index (χ1v) is 7.87. The Morgan fingerprint density at radius 3 is 2.56 bits per heavy atom. The standard InChI is InChI=1S/C15H26N2S/c1-10-6-7-11(2)15(16,8-10)13-17-12(9-18-13)14(3,4)5/h9-11H,6-8,16H2,1-5H3. The number of aromatic nitrogens is 1. The van der Waals surface area contributed by atoms with Crippen LogP contribution in [0.2, 0.25) is 0 Å². The van der Waals surface area contributed by atoms with Gasteiger partial charge in [-0.25, -0.2) is 4.98 Å². The summed E-state index contributed by atoms with van der Waals surface area (Å²) in [6.45, 7) is 11.2. The molecule has 18 heavy (non-hydrogen) atoms. The van der Waals surface area contributed by atoms with Crippen LogP contribution in [-0.4, -0.2) is 4.98 Å². The second-order valence-electron chi connectivity index (χ2n) is 7.12. The molecule has 0 bridgehead atoms. The summed E-state index contributed by atoms with van der Waals surface area (Å²) in [5.74, 6) is 1.25. The fourth-order valence-electron chi connectivity index (χ4n) is 2.80. The predicted octanol–water partition coefficient (Wildman–Crippen LogP) is 4.05. The number of hydrogen-bond acceptors (Lipinski definition) is 3. The molecule has 3 atom stereocenters. The van der Waals surface area contributed by atoms with E-state index in [0.717, 1.165) is 11.4 Å². The SMILES string of the molecule is CC1CCC(C)C(N)(c2nc(C(C)(C)C)cs2)C1. The maximum atomic E-state index is 6.72. The van der Waals surface area contributed by atoms with Crippen LogP contribution in [0.25, 0.3) is 0 Å².